The highest BCUT2D eigenvalue weighted by atomic mass is 35.5. The fourth-order valence-electron chi connectivity index (χ4n) is 5.24. The summed E-state index contributed by atoms with van der Waals surface area (Å²) < 4.78 is 19.9. The Bertz CT molecular complexity index is 1210. The van der Waals surface area contributed by atoms with Gasteiger partial charge in [-0.3, -0.25) is 9.59 Å². The van der Waals surface area contributed by atoms with E-state index in [4.69, 9.17) is 16.3 Å². The molecule has 7 nitrogen and oxygen atoms in total. The minimum absolute atomic E-state index is 0.0136. The number of halogens is 2. The third-order valence-electron chi connectivity index (χ3n) is 7.06. The number of nitrogens with one attached hydrogen (secondary N) is 2. The number of carbonyl (C=O) groups is 3. The van der Waals surface area contributed by atoms with Gasteiger partial charge in [0.1, 0.15) is 16.8 Å². The average molecular weight is 530 g/mol. The molecule has 198 valence electrons. The molecule has 1 saturated heterocycles. The maximum Gasteiger partial charge on any atom is 0.410 e. The third-order valence-corrected chi connectivity index (χ3v) is 7.35. The molecule has 0 atom stereocenters. The summed E-state index contributed by atoms with van der Waals surface area (Å²) in [6.07, 6.45) is 3.82. The Morgan fingerprint density at radius 3 is 2.38 bits per heavy atom. The van der Waals surface area contributed by atoms with Crippen molar-refractivity contribution in [3.8, 4) is 0 Å². The molecular formula is C28H33ClFN3O4. The van der Waals surface area contributed by atoms with Crippen LogP contribution in [0.3, 0.4) is 0 Å². The van der Waals surface area contributed by atoms with Gasteiger partial charge in [-0.2, -0.15) is 0 Å². The molecule has 0 radical (unpaired) electrons. The Balaban J connectivity index is 1.73. The van der Waals surface area contributed by atoms with Crippen molar-refractivity contribution in [2.24, 2.45) is 0 Å². The van der Waals surface area contributed by atoms with Crippen LogP contribution in [-0.2, 0) is 14.9 Å². The average Bonchev–Trinajstić information content (AvgIpc) is 3.34. The Morgan fingerprint density at radius 2 is 1.76 bits per heavy atom. The van der Waals surface area contributed by atoms with Crippen LogP contribution in [0, 0.1) is 5.82 Å². The molecule has 2 aliphatic rings. The van der Waals surface area contributed by atoms with E-state index in [0.717, 1.165) is 42.9 Å². The minimum Gasteiger partial charge on any atom is -0.444 e. The summed E-state index contributed by atoms with van der Waals surface area (Å²) >= 11 is 5.92. The molecule has 1 saturated carbocycles. The highest BCUT2D eigenvalue weighted by Gasteiger charge is 2.54. The van der Waals surface area contributed by atoms with Gasteiger partial charge in [0.05, 0.1) is 16.3 Å². The van der Waals surface area contributed by atoms with Crippen LogP contribution < -0.4 is 10.6 Å². The number of carbonyl (C=O) groups excluding carboxylic acids is 3. The number of hydrogen-bond acceptors (Lipinski definition) is 4. The molecule has 2 aromatic rings. The first-order chi connectivity index (χ1) is 17.4. The first-order valence-corrected chi connectivity index (χ1v) is 12.9. The fraction of sp³-hybridized carbons (Fsp3) is 0.464. The molecule has 3 amide bonds. The molecule has 4 rings (SSSR count). The van der Waals surface area contributed by atoms with E-state index in [1.54, 1.807) is 20.8 Å². The monoisotopic (exact) mass is 529 g/mol. The quantitative estimate of drug-likeness (QED) is 0.526. The largest absolute Gasteiger partial charge is 0.444 e. The normalized spacial score (nSPS) is 17.2. The van der Waals surface area contributed by atoms with Crippen molar-refractivity contribution in [2.75, 3.05) is 25.5 Å². The summed E-state index contributed by atoms with van der Waals surface area (Å²) in [5.74, 6) is -1.37. The Labute approximate surface area is 221 Å². The van der Waals surface area contributed by atoms with E-state index in [0.29, 0.717) is 5.92 Å². The van der Waals surface area contributed by atoms with Crippen LogP contribution in [0.2, 0.25) is 5.02 Å². The molecule has 0 aromatic heterocycles. The number of anilines is 1. The number of amides is 3. The zero-order valence-corrected chi connectivity index (χ0v) is 22.4. The lowest BCUT2D eigenvalue weighted by Crippen LogP contribution is -2.67. The molecule has 2 aromatic carbocycles. The highest BCUT2D eigenvalue weighted by Crippen LogP contribution is 2.44. The number of rotatable bonds is 5. The van der Waals surface area contributed by atoms with Gasteiger partial charge < -0.3 is 20.3 Å². The maximum absolute atomic E-state index is 14.4. The van der Waals surface area contributed by atoms with Crippen molar-refractivity contribution in [3.05, 3.63) is 63.9 Å². The molecule has 37 heavy (non-hydrogen) atoms. The minimum atomic E-state index is -1.09. The summed E-state index contributed by atoms with van der Waals surface area (Å²) in [4.78, 5) is 40.8. The zero-order valence-electron chi connectivity index (χ0n) is 21.6. The predicted octanol–water partition coefficient (Wildman–Crippen LogP) is 5.62. The van der Waals surface area contributed by atoms with E-state index < -0.39 is 34.7 Å². The second-order valence-corrected chi connectivity index (χ2v) is 11.2. The number of benzene rings is 2. The van der Waals surface area contributed by atoms with E-state index in [2.05, 4.69) is 16.7 Å². The van der Waals surface area contributed by atoms with E-state index in [1.807, 2.05) is 18.2 Å². The molecule has 1 heterocycles. The molecule has 2 fully saturated rings. The second kappa shape index (κ2) is 10.3. The molecule has 2 N–H and O–H groups in total. The molecule has 9 heteroatoms. The predicted molar refractivity (Wildman–Crippen MR) is 141 cm³/mol. The Hall–Kier alpha value is -3.13. The van der Waals surface area contributed by atoms with Crippen LogP contribution in [0.15, 0.2) is 36.4 Å². The van der Waals surface area contributed by atoms with Crippen LogP contribution in [-0.4, -0.2) is 48.5 Å². The maximum atomic E-state index is 14.4. The smallest absolute Gasteiger partial charge is 0.410 e. The summed E-state index contributed by atoms with van der Waals surface area (Å²) in [5.41, 5.74) is 0.224. The van der Waals surface area contributed by atoms with Crippen molar-refractivity contribution in [3.63, 3.8) is 0 Å². The number of nitrogens with zero attached hydrogens (tertiary/aromatic N) is 1. The van der Waals surface area contributed by atoms with Crippen molar-refractivity contribution >= 4 is 35.2 Å². The second-order valence-electron chi connectivity index (χ2n) is 10.8. The summed E-state index contributed by atoms with van der Waals surface area (Å²) in [7, 11) is 1.44. The van der Waals surface area contributed by atoms with Crippen LogP contribution in [0.1, 0.15) is 73.9 Å². The lowest BCUT2D eigenvalue weighted by Gasteiger charge is -2.49. The standard InChI is InChI=1S/C28H33ClFN3O4/c1-27(2,3)37-26(36)33-15-28(16-33,20-12-8-7-11-18(20)17-9-5-6-10-17)25(35)32-23-14-22(30)21(29)13-19(23)24(34)31-4/h7-8,11-14,17H,5-6,9-10,15-16H2,1-4H3,(H,31,34)(H,32,35). The lowest BCUT2D eigenvalue weighted by molar-refractivity contribution is -0.127. The van der Waals surface area contributed by atoms with Crippen molar-refractivity contribution in [1.29, 1.82) is 0 Å². The van der Waals surface area contributed by atoms with Crippen LogP contribution in [0.5, 0.6) is 0 Å². The van der Waals surface area contributed by atoms with Gasteiger partial charge in [0.2, 0.25) is 5.91 Å². The first kappa shape index (κ1) is 26.9. The molecule has 1 aliphatic heterocycles. The zero-order chi connectivity index (χ0) is 27.0. The van der Waals surface area contributed by atoms with Crippen molar-refractivity contribution in [1.82, 2.24) is 10.2 Å². The van der Waals surface area contributed by atoms with E-state index in [-0.39, 0.29) is 29.4 Å². The van der Waals surface area contributed by atoms with Gasteiger partial charge in [0.25, 0.3) is 5.91 Å². The van der Waals surface area contributed by atoms with Crippen molar-refractivity contribution in [2.45, 2.75) is 63.4 Å². The molecule has 0 spiro atoms. The summed E-state index contributed by atoms with van der Waals surface area (Å²) in [6, 6.07) is 10.1. The van der Waals surface area contributed by atoms with Gasteiger partial charge in [-0.25, -0.2) is 9.18 Å². The van der Waals surface area contributed by atoms with Gasteiger partial charge in [-0.1, -0.05) is 48.7 Å². The van der Waals surface area contributed by atoms with Gasteiger partial charge in [0, 0.05) is 20.1 Å². The van der Waals surface area contributed by atoms with Crippen LogP contribution in [0.25, 0.3) is 0 Å². The number of hydrogen-bond donors (Lipinski definition) is 2. The number of ether oxygens (including phenoxy) is 1. The SMILES string of the molecule is CNC(=O)c1cc(Cl)c(F)cc1NC(=O)C1(c2ccccc2C2CCCC2)CN(C(=O)OC(C)(C)C)C1. The van der Waals surface area contributed by atoms with Gasteiger partial charge in [-0.15, -0.1) is 0 Å². The Kier molecular flexibility index (Phi) is 7.51. The summed E-state index contributed by atoms with van der Waals surface area (Å²) in [5, 5.41) is 5.05. The van der Waals surface area contributed by atoms with Crippen LogP contribution >= 0.6 is 11.6 Å². The molecule has 0 bridgehead atoms. The van der Waals surface area contributed by atoms with Gasteiger partial charge in [-0.05, 0) is 62.8 Å². The summed E-state index contributed by atoms with van der Waals surface area (Å²) in [6.45, 7) is 5.56. The molecule has 1 aliphatic carbocycles. The van der Waals surface area contributed by atoms with E-state index in [9.17, 15) is 18.8 Å². The number of likely N-dealkylation sites (tertiary alicyclic amines) is 1. The first-order valence-electron chi connectivity index (χ1n) is 12.5. The van der Waals surface area contributed by atoms with Crippen molar-refractivity contribution < 1.29 is 23.5 Å². The lowest BCUT2D eigenvalue weighted by atomic mass is 9.69. The third kappa shape index (κ3) is 5.44. The van der Waals surface area contributed by atoms with E-state index in [1.165, 1.54) is 18.0 Å². The van der Waals surface area contributed by atoms with Gasteiger partial charge in [0.15, 0.2) is 0 Å². The fourth-order valence-corrected chi connectivity index (χ4v) is 5.40. The highest BCUT2D eigenvalue weighted by molar-refractivity contribution is 6.31. The van der Waals surface area contributed by atoms with Crippen LogP contribution in [0.4, 0.5) is 14.9 Å². The van der Waals surface area contributed by atoms with Gasteiger partial charge >= 0.3 is 6.09 Å². The Morgan fingerprint density at radius 1 is 1.11 bits per heavy atom. The topological polar surface area (TPSA) is 87.7 Å². The van der Waals surface area contributed by atoms with E-state index >= 15 is 0 Å². The molecular weight excluding hydrogens is 497 g/mol. The molecule has 0 unspecified atom stereocenters.